The van der Waals surface area contributed by atoms with E-state index in [1.165, 1.54) is 11.0 Å². The first-order valence-corrected chi connectivity index (χ1v) is 8.21. The Bertz CT molecular complexity index is 1180. The Balaban J connectivity index is 1.94. The van der Waals surface area contributed by atoms with Gasteiger partial charge in [-0.3, -0.25) is 14.3 Å². The summed E-state index contributed by atoms with van der Waals surface area (Å²) in [5.41, 5.74) is 2.00. The van der Waals surface area contributed by atoms with Crippen LogP contribution in [0.5, 0.6) is 5.75 Å². The number of oxazole rings is 1. The van der Waals surface area contributed by atoms with E-state index in [1.54, 1.807) is 37.8 Å². The molecule has 7 nitrogen and oxygen atoms in total. The fourth-order valence-electron chi connectivity index (χ4n) is 2.81. The van der Waals surface area contributed by atoms with E-state index >= 15 is 0 Å². The van der Waals surface area contributed by atoms with Crippen molar-refractivity contribution in [3.8, 4) is 17.1 Å². The zero-order valence-corrected chi connectivity index (χ0v) is 14.6. The van der Waals surface area contributed by atoms with Gasteiger partial charge >= 0.3 is 0 Å². The average molecular weight is 366 g/mol. The third kappa shape index (κ3) is 2.80. The molecule has 0 aliphatic carbocycles. The Morgan fingerprint density at radius 3 is 2.77 bits per heavy atom. The minimum absolute atomic E-state index is 0.191. The molecule has 0 bridgehead atoms. The van der Waals surface area contributed by atoms with Gasteiger partial charge in [-0.25, -0.2) is 4.98 Å². The highest BCUT2D eigenvalue weighted by molar-refractivity contribution is 7.71. The number of methoxy groups -OCH3 is 1. The van der Waals surface area contributed by atoms with Crippen LogP contribution in [-0.2, 0) is 6.54 Å². The van der Waals surface area contributed by atoms with Crippen molar-refractivity contribution >= 4 is 23.1 Å². The fourth-order valence-corrected chi connectivity index (χ4v) is 3.06. The van der Waals surface area contributed by atoms with Crippen molar-refractivity contribution in [1.29, 1.82) is 0 Å². The van der Waals surface area contributed by atoms with E-state index in [0.717, 1.165) is 5.56 Å². The third-order valence-electron chi connectivity index (χ3n) is 4.09. The van der Waals surface area contributed by atoms with Crippen LogP contribution in [0.2, 0.25) is 0 Å². The molecule has 0 atom stereocenters. The summed E-state index contributed by atoms with van der Waals surface area (Å²) in [5.74, 6) is 1.08. The van der Waals surface area contributed by atoms with Gasteiger partial charge in [0.15, 0.2) is 16.9 Å². The van der Waals surface area contributed by atoms with Gasteiger partial charge in [0.05, 0.1) is 36.3 Å². The van der Waals surface area contributed by atoms with E-state index in [4.69, 9.17) is 21.4 Å². The summed E-state index contributed by atoms with van der Waals surface area (Å²) in [7, 11) is 1.56. The molecule has 8 heteroatoms. The molecule has 0 aliphatic rings. The molecular weight excluding hydrogens is 352 g/mol. The Morgan fingerprint density at radius 2 is 2.08 bits per heavy atom. The van der Waals surface area contributed by atoms with Crippen molar-refractivity contribution in [1.82, 2.24) is 19.5 Å². The molecular formula is C18H14N4O3S. The number of ether oxygens (including phenoxy) is 1. The van der Waals surface area contributed by atoms with Gasteiger partial charge in [-0.2, -0.15) is 0 Å². The summed E-state index contributed by atoms with van der Waals surface area (Å²) >= 11 is 5.38. The molecule has 0 aliphatic heterocycles. The smallest absolute Gasteiger partial charge is 0.262 e. The highest BCUT2D eigenvalue weighted by Gasteiger charge is 2.14. The molecule has 26 heavy (non-hydrogen) atoms. The van der Waals surface area contributed by atoms with Gasteiger partial charge in [0, 0.05) is 18.5 Å². The molecule has 0 amide bonds. The Morgan fingerprint density at radius 1 is 1.27 bits per heavy atom. The largest absolute Gasteiger partial charge is 0.496 e. The third-order valence-corrected chi connectivity index (χ3v) is 4.41. The van der Waals surface area contributed by atoms with Gasteiger partial charge < -0.3 is 14.1 Å². The molecule has 0 saturated heterocycles. The van der Waals surface area contributed by atoms with Gasteiger partial charge in [0.2, 0.25) is 0 Å². The molecule has 0 saturated carbocycles. The van der Waals surface area contributed by atoms with Crippen LogP contribution in [0, 0.1) is 4.77 Å². The predicted octanol–water partition coefficient (Wildman–Crippen LogP) is 3.17. The number of hydrogen-bond donors (Lipinski definition) is 1. The van der Waals surface area contributed by atoms with Crippen LogP contribution in [0.25, 0.3) is 22.2 Å². The van der Waals surface area contributed by atoms with Crippen molar-refractivity contribution in [3.05, 3.63) is 69.9 Å². The number of hydrogen-bond acceptors (Lipinski definition) is 6. The number of fused-ring (bicyclic) bond motifs is 1. The SMILES string of the molecule is COc1cc2[nH]c(=S)n(Cc3ccncc3)c(=O)c2cc1-c1cnco1. The number of aromatic amines is 1. The van der Waals surface area contributed by atoms with E-state index in [-0.39, 0.29) is 5.56 Å². The lowest BCUT2D eigenvalue weighted by Crippen LogP contribution is -2.23. The molecule has 1 aromatic carbocycles. The molecule has 4 rings (SSSR count). The van der Waals surface area contributed by atoms with Gasteiger partial charge in [0.1, 0.15) is 5.75 Å². The molecule has 0 unspecified atom stereocenters. The maximum absolute atomic E-state index is 13.0. The molecule has 3 heterocycles. The van der Waals surface area contributed by atoms with Crippen molar-refractivity contribution in [2.45, 2.75) is 6.54 Å². The number of nitrogens with one attached hydrogen (secondary N) is 1. The van der Waals surface area contributed by atoms with E-state index in [2.05, 4.69) is 15.0 Å². The fraction of sp³-hybridized carbons (Fsp3) is 0.111. The van der Waals surface area contributed by atoms with E-state index < -0.39 is 0 Å². The maximum atomic E-state index is 13.0. The molecule has 0 fully saturated rings. The van der Waals surface area contributed by atoms with Gasteiger partial charge in [-0.05, 0) is 36.0 Å². The summed E-state index contributed by atoms with van der Waals surface area (Å²) < 4.78 is 12.6. The van der Waals surface area contributed by atoms with E-state index in [1.807, 2.05) is 12.1 Å². The molecule has 0 spiro atoms. The summed E-state index contributed by atoms with van der Waals surface area (Å²) in [6, 6.07) is 7.16. The number of pyridine rings is 1. The Labute approximate surface area is 152 Å². The van der Waals surface area contributed by atoms with Gasteiger partial charge in [-0.1, -0.05) is 0 Å². The summed E-state index contributed by atoms with van der Waals surface area (Å²) in [4.78, 5) is 24.1. The Hall–Kier alpha value is -3.26. The Kier molecular flexibility index (Phi) is 4.10. The van der Waals surface area contributed by atoms with Crippen LogP contribution >= 0.6 is 12.2 Å². The first-order chi connectivity index (χ1) is 12.7. The van der Waals surface area contributed by atoms with Crippen molar-refractivity contribution in [2.75, 3.05) is 7.11 Å². The van der Waals surface area contributed by atoms with Crippen molar-refractivity contribution < 1.29 is 9.15 Å². The second kappa shape index (κ2) is 6.57. The van der Waals surface area contributed by atoms with Crippen LogP contribution in [-0.4, -0.2) is 26.6 Å². The second-order valence-corrected chi connectivity index (χ2v) is 6.03. The molecule has 0 radical (unpaired) electrons. The monoisotopic (exact) mass is 366 g/mol. The lowest BCUT2D eigenvalue weighted by Gasteiger charge is -2.11. The second-order valence-electron chi connectivity index (χ2n) is 5.64. The summed E-state index contributed by atoms with van der Waals surface area (Å²) in [6.45, 7) is 0.357. The predicted molar refractivity (Wildman–Crippen MR) is 98.8 cm³/mol. The number of aromatic nitrogens is 4. The van der Waals surface area contributed by atoms with Crippen LogP contribution in [0.15, 0.2) is 58.5 Å². The first kappa shape index (κ1) is 16.2. The standard InChI is InChI=1S/C18H14N4O3S/c1-24-15-7-14-12(6-13(15)16-8-20-10-25-16)17(23)22(18(26)21-14)9-11-2-4-19-5-3-11/h2-8,10H,9H2,1H3,(H,21,26). The number of rotatable bonds is 4. The van der Waals surface area contributed by atoms with E-state index in [0.29, 0.717) is 39.3 Å². The maximum Gasteiger partial charge on any atom is 0.262 e. The first-order valence-electron chi connectivity index (χ1n) is 7.80. The van der Waals surface area contributed by atoms with Crippen LogP contribution in [0.1, 0.15) is 5.56 Å². The number of nitrogens with zero attached hydrogens (tertiary/aromatic N) is 3. The van der Waals surface area contributed by atoms with Crippen LogP contribution in [0.4, 0.5) is 0 Å². The lowest BCUT2D eigenvalue weighted by atomic mass is 10.1. The molecule has 130 valence electrons. The normalized spacial score (nSPS) is 11.0. The summed E-state index contributed by atoms with van der Waals surface area (Å²) in [5, 5.41) is 0.486. The lowest BCUT2D eigenvalue weighted by molar-refractivity contribution is 0.415. The van der Waals surface area contributed by atoms with Gasteiger partial charge in [0.25, 0.3) is 5.56 Å². The van der Waals surface area contributed by atoms with Crippen molar-refractivity contribution in [3.63, 3.8) is 0 Å². The minimum atomic E-state index is -0.191. The zero-order chi connectivity index (χ0) is 18.1. The van der Waals surface area contributed by atoms with Crippen LogP contribution < -0.4 is 10.3 Å². The highest BCUT2D eigenvalue weighted by atomic mass is 32.1. The molecule has 4 aromatic rings. The van der Waals surface area contributed by atoms with Crippen molar-refractivity contribution in [2.24, 2.45) is 0 Å². The highest BCUT2D eigenvalue weighted by Crippen LogP contribution is 2.32. The van der Waals surface area contributed by atoms with Gasteiger partial charge in [-0.15, -0.1) is 0 Å². The number of benzene rings is 1. The molecule has 3 aromatic heterocycles. The quantitative estimate of drug-likeness (QED) is 0.558. The number of H-pyrrole nitrogens is 1. The average Bonchev–Trinajstić information content (AvgIpc) is 3.19. The topological polar surface area (TPSA) is 85.9 Å². The van der Waals surface area contributed by atoms with Crippen LogP contribution in [0.3, 0.4) is 0 Å². The van der Waals surface area contributed by atoms with E-state index in [9.17, 15) is 4.79 Å². The summed E-state index contributed by atoms with van der Waals surface area (Å²) in [6.07, 6.45) is 6.27. The zero-order valence-electron chi connectivity index (χ0n) is 13.8. The minimum Gasteiger partial charge on any atom is -0.496 e. The molecule has 1 N–H and O–H groups in total.